The van der Waals surface area contributed by atoms with Crippen molar-refractivity contribution in [1.29, 1.82) is 0 Å². The molecule has 0 spiro atoms. The lowest BCUT2D eigenvalue weighted by atomic mass is 10.1. The van der Waals surface area contributed by atoms with Gasteiger partial charge in [-0.3, -0.25) is 0 Å². The molecule has 1 fully saturated rings. The zero-order chi connectivity index (χ0) is 12.3. The van der Waals surface area contributed by atoms with Crippen molar-refractivity contribution in [2.24, 2.45) is 5.73 Å². The Hall–Kier alpha value is -1.13. The summed E-state index contributed by atoms with van der Waals surface area (Å²) in [6.45, 7) is 6.43. The number of piperazine rings is 1. The highest BCUT2D eigenvalue weighted by Gasteiger charge is 2.15. The molecule has 17 heavy (non-hydrogen) atoms. The summed E-state index contributed by atoms with van der Waals surface area (Å²) in [5.74, 6) is 1.07. The lowest BCUT2D eigenvalue weighted by molar-refractivity contribution is 0.312. The third kappa shape index (κ3) is 2.96. The Morgan fingerprint density at radius 3 is 2.53 bits per heavy atom. The number of likely N-dealkylation sites (N-methyl/N-ethyl adjacent to an activating group) is 1. The van der Waals surface area contributed by atoms with Crippen LogP contribution in [0.25, 0.3) is 0 Å². The van der Waals surface area contributed by atoms with E-state index in [4.69, 9.17) is 5.73 Å². The Morgan fingerprint density at radius 1 is 1.29 bits per heavy atom. The van der Waals surface area contributed by atoms with Crippen molar-refractivity contribution >= 4 is 5.82 Å². The van der Waals surface area contributed by atoms with Crippen LogP contribution in [0.3, 0.4) is 0 Å². The van der Waals surface area contributed by atoms with E-state index in [0.717, 1.165) is 44.0 Å². The number of nitrogens with zero attached hydrogens (tertiary/aromatic N) is 3. The van der Waals surface area contributed by atoms with E-state index >= 15 is 0 Å². The van der Waals surface area contributed by atoms with Crippen molar-refractivity contribution in [3.05, 3.63) is 23.9 Å². The first-order chi connectivity index (χ1) is 8.20. The molecule has 0 saturated carbocycles. The number of hydrogen-bond donors (Lipinski definition) is 1. The Morgan fingerprint density at radius 2 is 2.00 bits per heavy atom. The molecular weight excluding hydrogens is 212 g/mol. The van der Waals surface area contributed by atoms with Crippen LogP contribution < -0.4 is 10.6 Å². The quantitative estimate of drug-likeness (QED) is 0.855. The van der Waals surface area contributed by atoms with Gasteiger partial charge in [0.15, 0.2) is 0 Å². The van der Waals surface area contributed by atoms with E-state index in [9.17, 15) is 0 Å². The van der Waals surface area contributed by atoms with Gasteiger partial charge in [-0.15, -0.1) is 0 Å². The number of hydrogen-bond acceptors (Lipinski definition) is 4. The predicted octanol–water partition coefficient (Wildman–Crippen LogP) is 1.24. The van der Waals surface area contributed by atoms with Gasteiger partial charge in [-0.2, -0.15) is 0 Å². The molecule has 0 amide bonds. The highest BCUT2D eigenvalue weighted by atomic mass is 15.3. The largest absolute Gasteiger partial charge is 0.354 e. The summed E-state index contributed by atoms with van der Waals surface area (Å²) in [6.07, 6.45) is 2.87. The summed E-state index contributed by atoms with van der Waals surface area (Å²) >= 11 is 0. The van der Waals surface area contributed by atoms with Crippen molar-refractivity contribution in [2.45, 2.75) is 19.4 Å². The molecule has 1 aromatic rings. The lowest BCUT2D eigenvalue weighted by Crippen LogP contribution is -2.44. The van der Waals surface area contributed by atoms with E-state index in [1.165, 1.54) is 0 Å². The first-order valence-electron chi connectivity index (χ1n) is 6.35. The van der Waals surface area contributed by atoms with Gasteiger partial charge in [-0.25, -0.2) is 4.98 Å². The summed E-state index contributed by atoms with van der Waals surface area (Å²) in [5, 5.41) is 0. The molecule has 1 aliphatic rings. The van der Waals surface area contributed by atoms with Gasteiger partial charge in [0.05, 0.1) is 0 Å². The maximum atomic E-state index is 5.98. The second-order valence-electron chi connectivity index (χ2n) is 4.75. The van der Waals surface area contributed by atoms with Gasteiger partial charge in [0.1, 0.15) is 5.82 Å². The molecule has 2 rings (SSSR count). The highest BCUT2D eigenvalue weighted by molar-refractivity contribution is 5.40. The average Bonchev–Trinajstić information content (AvgIpc) is 2.39. The van der Waals surface area contributed by atoms with Gasteiger partial charge in [-0.1, -0.05) is 13.0 Å². The zero-order valence-electron chi connectivity index (χ0n) is 10.8. The van der Waals surface area contributed by atoms with Crippen molar-refractivity contribution < 1.29 is 0 Å². The van der Waals surface area contributed by atoms with Gasteiger partial charge in [-0.05, 0) is 25.1 Å². The number of rotatable bonds is 3. The summed E-state index contributed by atoms with van der Waals surface area (Å²) in [4.78, 5) is 9.20. The van der Waals surface area contributed by atoms with Crippen molar-refractivity contribution in [2.75, 3.05) is 38.1 Å². The molecule has 0 aliphatic carbocycles. The van der Waals surface area contributed by atoms with E-state index in [1.54, 1.807) is 0 Å². The van der Waals surface area contributed by atoms with E-state index in [1.807, 2.05) is 6.20 Å². The topological polar surface area (TPSA) is 45.4 Å². The standard InChI is InChI=1S/C13H22N4/c1-3-12(14)11-4-5-13(15-10-11)17-8-6-16(2)7-9-17/h4-5,10,12H,3,6-9,14H2,1-2H3. The number of nitrogens with two attached hydrogens (primary N) is 1. The Bertz CT molecular complexity index is 341. The SMILES string of the molecule is CCC(N)c1ccc(N2CCN(C)CC2)nc1. The minimum Gasteiger partial charge on any atom is -0.354 e. The minimum absolute atomic E-state index is 0.115. The molecule has 1 atom stereocenters. The van der Waals surface area contributed by atoms with Crippen LogP contribution in [0.5, 0.6) is 0 Å². The molecule has 4 nitrogen and oxygen atoms in total. The average molecular weight is 234 g/mol. The maximum Gasteiger partial charge on any atom is 0.128 e. The Kier molecular flexibility index (Phi) is 3.97. The van der Waals surface area contributed by atoms with Gasteiger partial charge >= 0.3 is 0 Å². The van der Waals surface area contributed by atoms with Crippen LogP contribution in [0, 0.1) is 0 Å². The minimum atomic E-state index is 0.115. The third-order valence-electron chi connectivity index (χ3n) is 3.47. The van der Waals surface area contributed by atoms with Crippen LogP contribution in [0.4, 0.5) is 5.82 Å². The van der Waals surface area contributed by atoms with E-state index in [2.05, 4.69) is 40.9 Å². The summed E-state index contributed by atoms with van der Waals surface area (Å²) < 4.78 is 0. The molecule has 0 bridgehead atoms. The lowest BCUT2D eigenvalue weighted by Gasteiger charge is -2.33. The summed E-state index contributed by atoms with van der Waals surface area (Å²) in [7, 11) is 2.16. The molecule has 2 heterocycles. The number of aromatic nitrogens is 1. The van der Waals surface area contributed by atoms with Crippen molar-refractivity contribution in [3.8, 4) is 0 Å². The highest BCUT2D eigenvalue weighted by Crippen LogP contribution is 2.17. The smallest absolute Gasteiger partial charge is 0.128 e. The Balaban J connectivity index is 2.02. The molecule has 0 aromatic carbocycles. The number of pyridine rings is 1. The summed E-state index contributed by atoms with van der Waals surface area (Å²) in [5.41, 5.74) is 7.11. The van der Waals surface area contributed by atoms with Crippen molar-refractivity contribution in [3.63, 3.8) is 0 Å². The molecule has 1 aromatic heterocycles. The molecule has 1 unspecified atom stereocenters. The van der Waals surface area contributed by atoms with Crippen LogP contribution in [-0.4, -0.2) is 43.1 Å². The first-order valence-corrected chi connectivity index (χ1v) is 6.35. The van der Waals surface area contributed by atoms with Crippen molar-refractivity contribution in [1.82, 2.24) is 9.88 Å². The van der Waals surface area contributed by atoms with Gasteiger partial charge in [0.25, 0.3) is 0 Å². The molecule has 1 saturated heterocycles. The fraction of sp³-hybridized carbons (Fsp3) is 0.615. The molecular formula is C13H22N4. The second kappa shape index (κ2) is 5.47. The molecule has 4 heteroatoms. The van der Waals surface area contributed by atoms with Gasteiger partial charge in [0, 0.05) is 38.4 Å². The first kappa shape index (κ1) is 12.3. The molecule has 94 valence electrons. The maximum absolute atomic E-state index is 5.98. The zero-order valence-corrected chi connectivity index (χ0v) is 10.8. The third-order valence-corrected chi connectivity index (χ3v) is 3.47. The van der Waals surface area contributed by atoms with Crippen LogP contribution in [0.15, 0.2) is 18.3 Å². The summed E-state index contributed by atoms with van der Waals surface area (Å²) in [6, 6.07) is 4.31. The molecule has 2 N–H and O–H groups in total. The van der Waals surface area contributed by atoms with E-state index < -0.39 is 0 Å². The predicted molar refractivity (Wildman–Crippen MR) is 71.2 cm³/mol. The number of anilines is 1. The fourth-order valence-corrected chi connectivity index (χ4v) is 2.08. The Labute approximate surface area is 103 Å². The fourth-order valence-electron chi connectivity index (χ4n) is 2.08. The van der Waals surface area contributed by atoms with Gasteiger partial charge in [0.2, 0.25) is 0 Å². The van der Waals surface area contributed by atoms with E-state index in [0.29, 0.717) is 0 Å². The van der Waals surface area contributed by atoms with E-state index in [-0.39, 0.29) is 6.04 Å². The van der Waals surface area contributed by atoms with Gasteiger partial charge < -0.3 is 15.5 Å². The normalized spacial score (nSPS) is 19.4. The van der Waals surface area contributed by atoms with Crippen LogP contribution in [0.2, 0.25) is 0 Å². The van der Waals surface area contributed by atoms with Crippen LogP contribution in [-0.2, 0) is 0 Å². The van der Waals surface area contributed by atoms with Crippen LogP contribution in [0.1, 0.15) is 24.9 Å². The molecule has 0 radical (unpaired) electrons. The molecule has 1 aliphatic heterocycles. The van der Waals surface area contributed by atoms with Crippen LogP contribution >= 0.6 is 0 Å². The monoisotopic (exact) mass is 234 g/mol. The second-order valence-corrected chi connectivity index (χ2v) is 4.75.